The maximum atomic E-state index is 13.2. The lowest BCUT2D eigenvalue weighted by Crippen LogP contribution is -2.62. The topological polar surface area (TPSA) is 37.4 Å². The van der Waals surface area contributed by atoms with Crippen LogP contribution in [0.1, 0.15) is 44.9 Å². The fourth-order valence-corrected chi connectivity index (χ4v) is 7.71. The second-order valence-electron chi connectivity index (χ2n) is 9.15. The Morgan fingerprint density at radius 1 is 0.773 bits per heavy atom. The predicted octanol–water partition coefficient (Wildman–Crippen LogP) is 2.76. The fourth-order valence-electron chi connectivity index (χ4n) is 7.71. The Bertz CT molecular complexity index is 556. The molecular formula is C19H23NO2. The van der Waals surface area contributed by atoms with Gasteiger partial charge in [0.2, 0.25) is 11.8 Å². The van der Waals surface area contributed by atoms with E-state index in [1.165, 1.54) is 19.3 Å². The number of rotatable bonds is 1. The van der Waals surface area contributed by atoms with E-state index in [0.29, 0.717) is 11.8 Å². The lowest BCUT2D eigenvalue weighted by atomic mass is 9.52. The summed E-state index contributed by atoms with van der Waals surface area (Å²) in [4.78, 5) is 28.2. The van der Waals surface area contributed by atoms with E-state index in [2.05, 4.69) is 12.2 Å². The van der Waals surface area contributed by atoms with Crippen molar-refractivity contribution in [1.29, 1.82) is 0 Å². The maximum Gasteiger partial charge on any atom is 0.234 e. The average Bonchev–Trinajstić information content (AvgIpc) is 3.11. The molecule has 6 bridgehead atoms. The van der Waals surface area contributed by atoms with Crippen molar-refractivity contribution in [3.8, 4) is 0 Å². The summed E-state index contributed by atoms with van der Waals surface area (Å²) >= 11 is 0. The van der Waals surface area contributed by atoms with Crippen molar-refractivity contribution in [2.24, 2.45) is 41.4 Å². The minimum absolute atomic E-state index is 0.00416. The number of fused-ring (bicyclic) bond motifs is 5. The molecule has 1 saturated heterocycles. The minimum Gasteiger partial charge on any atom is -0.276 e. The molecule has 3 nitrogen and oxygen atoms in total. The molecular weight excluding hydrogens is 274 g/mol. The summed E-state index contributed by atoms with van der Waals surface area (Å²) in [5.41, 5.74) is -0.0767. The van der Waals surface area contributed by atoms with Crippen molar-refractivity contribution < 1.29 is 9.59 Å². The van der Waals surface area contributed by atoms with Crippen LogP contribution in [-0.4, -0.2) is 22.3 Å². The SMILES string of the molecule is O=C1[C@@H]2[C@H](C(=O)N1C13CC4CC(CC(C4)C1)C3)[C@H]1C=C[C@@H]2C1. The Balaban J connectivity index is 1.41. The van der Waals surface area contributed by atoms with Crippen LogP contribution in [0.5, 0.6) is 0 Å². The van der Waals surface area contributed by atoms with Gasteiger partial charge >= 0.3 is 0 Å². The molecule has 7 rings (SSSR count). The van der Waals surface area contributed by atoms with Crippen LogP contribution in [0.15, 0.2) is 12.2 Å². The number of hydrogen-bond donors (Lipinski definition) is 0. The fraction of sp³-hybridized carbons (Fsp3) is 0.789. The highest BCUT2D eigenvalue weighted by molar-refractivity contribution is 6.07. The van der Waals surface area contributed by atoms with Gasteiger partial charge in [0.25, 0.3) is 0 Å². The Kier molecular flexibility index (Phi) is 2.06. The molecule has 1 heterocycles. The highest BCUT2D eigenvalue weighted by Crippen LogP contribution is 2.61. The second kappa shape index (κ2) is 3.68. The Labute approximate surface area is 131 Å². The summed E-state index contributed by atoms with van der Waals surface area (Å²) in [5, 5.41) is 0. The molecule has 4 atom stereocenters. The summed E-state index contributed by atoms with van der Waals surface area (Å²) in [6.45, 7) is 0. The second-order valence-corrected chi connectivity index (χ2v) is 9.15. The summed E-state index contributed by atoms with van der Waals surface area (Å²) in [5.74, 6) is 3.44. The number of likely N-dealkylation sites (tertiary alicyclic amines) is 1. The molecule has 3 heteroatoms. The first-order valence-corrected chi connectivity index (χ1v) is 9.21. The number of carbonyl (C=O) groups excluding carboxylic acids is 2. The van der Waals surface area contributed by atoms with Gasteiger partial charge in [0.1, 0.15) is 0 Å². The summed E-state index contributed by atoms with van der Waals surface area (Å²) in [6.07, 6.45) is 12.9. The van der Waals surface area contributed by atoms with Gasteiger partial charge in [-0.3, -0.25) is 14.5 Å². The predicted molar refractivity (Wildman–Crippen MR) is 80.5 cm³/mol. The van der Waals surface area contributed by atoms with E-state index in [1.54, 1.807) is 0 Å². The van der Waals surface area contributed by atoms with Crippen molar-refractivity contribution >= 4 is 11.8 Å². The van der Waals surface area contributed by atoms with E-state index in [4.69, 9.17) is 0 Å². The summed E-state index contributed by atoms with van der Waals surface area (Å²) < 4.78 is 0. The maximum absolute atomic E-state index is 13.2. The standard InChI is InChI=1S/C19H23NO2/c21-17-15-13-1-2-14(6-13)16(15)18(22)20(17)19-7-10-3-11(8-19)5-12(4-10)9-19/h1-2,10-16H,3-9H2/t10?,11?,12?,13-,14+,15+,16-,19?. The molecule has 6 aliphatic carbocycles. The molecule has 6 fully saturated rings. The Morgan fingerprint density at radius 3 is 1.68 bits per heavy atom. The third-order valence-corrected chi connectivity index (χ3v) is 7.95. The minimum atomic E-state index is -0.0767. The lowest BCUT2D eigenvalue weighted by molar-refractivity contribution is -0.160. The summed E-state index contributed by atoms with van der Waals surface area (Å²) in [7, 11) is 0. The van der Waals surface area contributed by atoms with Crippen molar-refractivity contribution in [3.05, 3.63) is 12.2 Å². The summed E-state index contributed by atoms with van der Waals surface area (Å²) in [6, 6.07) is 0. The number of nitrogens with zero attached hydrogens (tertiary/aromatic N) is 1. The molecule has 1 aliphatic heterocycles. The van der Waals surface area contributed by atoms with Gasteiger partial charge in [-0.25, -0.2) is 0 Å². The smallest absolute Gasteiger partial charge is 0.234 e. The first-order valence-electron chi connectivity index (χ1n) is 9.21. The molecule has 0 aromatic heterocycles. The molecule has 0 radical (unpaired) electrons. The molecule has 0 spiro atoms. The van der Waals surface area contributed by atoms with Crippen LogP contribution >= 0.6 is 0 Å². The van der Waals surface area contributed by atoms with Gasteiger partial charge in [-0.15, -0.1) is 0 Å². The van der Waals surface area contributed by atoms with E-state index < -0.39 is 0 Å². The monoisotopic (exact) mass is 297 g/mol. The number of carbonyl (C=O) groups is 2. The molecule has 0 aromatic carbocycles. The van der Waals surface area contributed by atoms with Crippen LogP contribution in [0.25, 0.3) is 0 Å². The largest absolute Gasteiger partial charge is 0.276 e. The highest BCUT2D eigenvalue weighted by Gasteiger charge is 2.65. The van der Waals surface area contributed by atoms with E-state index in [1.807, 2.05) is 4.90 Å². The zero-order valence-corrected chi connectivity index (χ0v) is 12.9. The Hall–Kier alpha value is -1.12. The third-order valence-electron chi connectivity index (χ3n) is 7.95. The van der Waals surface area contributed by atoms with Crippen LogP contribution < -0.4 is 0 Å². The number of hydrogen-bond acceptors (Lipinski definition) is 2. The average molecular weight is 297 g/mol. The van der Waals surface area contributed by atoms with E-state index >= 15 is 0 Å². The number of allylic oxidation sites excluding steroid dienone is 2. The number of imide groups is 1. The molecule has 5 saturated carbocycles. The van der Waals surface area contributed by atoms with Gasteiger partial charge in [0.05, 0.1) is 17.4 Å². The van der Waals surface area contributed by atoms with Crippen LogP contribution in [0.2, 0.25) is 0 Å². The van der Waals surface area contributed by atoms with Crippen molar-refractivity contribution in [1.82, 2.24) is 4.90 Å². The molecule has 0 unspecified atom stereocenters. The van der Waals surface area contributed by atoms with Gasteiger partial charge in [0.15, 0.2) is 0 Å². The van der Waals surface area contributed by atoms with Crippen LogP contribution in [0, 0.1) is 41.4 Å². The van der Waals surface area contributed by atoms with Crippen molar-refractivity contribution in [3.63, 3.8) is 0 Å². The number of amides is 2. The molecule has 0 N–H and O–H groups in total. The van der Waals surface area contributed by atoms with E-state index in [-0.39, 0.29) is 29.2 Å². The highest BCUT2D eigenvalue weighted by atomic mass is 16.2. The molecule has 0 aromatic rings. The lowest BCUT2D eigenvalue weighted by Gasteiger charge is -2.59. The van der Waals surface area contributed by atoms with Crippen LogP contribution in [0.3, 0.4) is 0 Å². The molecule has 22 heavy (non-hydrogen) atoms. The molecule has 7 aliphatic rings. The first-order chi connectivity index (χ1) is 10.6. The van der Waals surface area contributed by atoms with E-state index in [9.17, 15) is 9.59 Å². The van der Waals surface area contributed by atoms with Gasteiger partial charge in [-0.2, -0.15) is 0 Å². The van der Waals surface area contributed by atoms with Crippen LogP contribution in [0.4, 0.5) is 0 Å². The van der Waals surface area contributed by atoms with Gasteiger partial charge in [-0.05, 0) is 74.5 Å². The van der Waals surface area contributed by atoms with Gasteiger partial charge in [-0.1, -0.05) is 12.2 Å². The van der Waals surface area contributed by atoms with Crippen molar-refractivity contribution in [2.45, 2.75) is 50.5 Å². The quantitative estimate of drug-likeness (QED) is 0.551. The van der Waals surface area contributed by atoms with Crippen molar-refractivity contribution in [2.75, 3.05) is 0 Å². The van der Waals surface area contributed by atoms with E-state index in [0.717, 1.165) is 43.4 Å². The normalized spacial score (nSPS) is 57.3. The zero-order chi connectivity index (χ0) is 14.6. The zero-order valence-electron chi connectivity index (χ0n) is 12.9. The van der Waals surface area contributed by atoms with Gasteiger partial charge in [0, 0.05) is 0 Å². The Morgan fingerprint density at radius 2 is 1.23 bits per heavy atom. The molecule has 116 valence electrons. The van der Waals surface area contributed by atoms with Crippen LogP contribution in [-0.2, 0) is 9.59 Å². The van der Waals surface area contributed by atoms with Gasteiger partial charge < -0.3 is 0 Å². The first kappa shape index (κ1) is 12.3. The third kappa shape index (κ3) is 1.27. The molecule has 2 amide bonds.